The average Bonchev–Trinajstić information content (AvgIpc) is 2.29. The van der Waals surface area contributed by atoms with Crippen molar-refractivity contribution in [1.29, 1.82) is 0 Å². The van der Waals surface area contributed by atoms with E-state index in [-0.39, 0.29) is 23.9 Å². The number of methoxy groups -OCH3 is 1. The van der Waals surface area contributed by atoms with Gasteiger partial charge in [0.05, 0.1) is 17.6 Å². The summed E-state index contributed by atoms with van der Waals surface area (Å²) in [5.74, 6) is 0. The van der Waals surface area contributed by atoms with Crippen LogP contribution in [-0.4, -0.2) is 36.4 Å². The van der Waals surface area contributed by atoms with Crippen molar-refractivity contribution in [3.63, 3.8) is 0 Å². The van der Waals surface area contributed by atoms with Crippen molar-refractivity contribution in [3.05, 3.63) is 32.8 Å². The van der Waals surface area contributed by atoms with Crippen LogP contribution in [0.1, 0.15) is 5.56 Å². The Hall–Kier alpha value is -1.37. The summed E-state index contributed by atoms with van der Waals surface area (Å²) in [6.07, 6.45) is -0.650. The molecule has 18 heavy (non-hydrogen) atoms. The molecule has 0 saturated heterocycles. The molecule has 0 amide bonds. The van der Waals surface area contributed by atoms with E-state index in [4.69, 9.17) is 16.3 Å². The zero-order valence-electron chi connectivity index (χ0n) is 10.1. The SMILES string of the molecule is COCC(O)CNc1cc(Cl)c([N+](=O)[O-])cc1C. The Bertz CT molecular complexity index is 439. The lowest BCUT2D eigenvalue weighted by Crippen LogP contribution is -2.24. The van der Waals surface area contributed by atoms with E-state index in [0.717, 1.165) is 0 Å². The first kappa shape index (κ1) is 14.7. The van der Waals surface area contributed by atoms with Crippen molar-refractivity contribution in [1.82, 2.24) is 0 Å². The van der Waals surface area contributed by atoms with Gasteiger partial charge in [0.25, 0.3) is 5.69 Å². The van der Waals surface area contributed by atoms with Crippen LogP contribution >= 0.6 is 11.6 Å². The molecule has 1 aromatic rings. The maximum absolute atomic E-state index is 10.7. The number of hydrogen-bond donors (Lipinski definition) is 2. The molecule has 0 aromatic heterocycles. The van der Waals surface area contributed by atoms with Crippen molar-refractivity contribution < 1.29 is 14.8 Å². The normalized spacial score (nSPS) is 12.2. The first-order chi connectivity index (χ1) is 8.45. The number of anilines is 1. The van der Waals surface area contributed by atoms with Gasteiger partial charge < -0.3 is 15.2 Å². The van der Waals surface area contributed by atoms with Crippen LogP contribution in [0, 0.1) is 17.0 Å². The molecule has 0 spiro atoms. The van der Waals surface area contributed by atoms with Crippen LogP contribution in [0.5, 0.6) is 0 Å². The minimum Gasteiger partial charge on any atom is -0.389 e. The largest absolute Gasteiger partial charge is 0.389 e. The van der Waals surface area contributed by atoms with E-state index in [9.17, 15) is 15.2 Å². The lowest BCUT2D eigenvalue weighted by Gasteiger charge is -2.14. The monoisotopic (exact) mass is 274 g/mol. The van der Waals surface area contributed by atoms with Gasteiger partial charge in [0.2, 0.25) is 0 Å². The third-order valence-electron chi connectivity index (χ3n) is 2.38. The van der Waals surface area contributed by atoms with Crippen molar-refractivity contribution in [3.8, 4) is 0 Å². The van der Waals surface area contributed by atoms with Crippen LogP contribution < -0.4 is 5.32 Å². The molecule has 0 bridgehead atoms. The van der Waals surface area contributed by atoms with Gasteiger partial charge in [-0.25, -0.2) is 0 Å². The van der Waals surface area contributed by atoms with Crippen molar-refractivity contribution >= 4 is 23.0 Å². The summed E-state index contributed by atoms with van der Waals surface area (Å²) in [5.41, 5.74) is 1.22. The van der Waals surface area contributed by atoms with E-state index < -0.39 is 11.0 Å². The molecule has 1 atom stereocenters. The van der Waals surface area contributed by atoms with E-state index in [0.29, 0.717) is 11.3 Å². The summed E-state index contributed by atoms with van der Waals surface area (Å²) in [5, 5.41) is 23.2. The first-order valence-corrected chi connectivity index (χ1v) is 5.69. The molecule has 1 aromatic carbocycles. The quantitative estimate of drug-likeness (QED) is 0.612. The number of halogens is 1. The summed E-state index contributed by atoms with van der Waals surface area (Å²) in [6.45, 7) is 2.23. The van der Waals surface area contributed by atoms with E-state index in [1.165, 1.54) is 19.2 Å². The third-order valence-corrected chi connectivity index (χ3v) is 2.68. The van der Waals surface area contributed by atoms with Crippen LogP contribution in [0.2, 0.25) is 5.02 Å². The minimum atomic E-state index is -0.650. The molecule has 0 heterocycles. The van der Waals surface area contributed by atoms with Crippen molar-refractivity contribution in [2.75, 3.05) is 25.6 Å². The first-order valence-electron chi connectivity index (χ1n) is 5.31. The number of hydrogen-bond acceptors (Lipinski definition) is 5. The van der Waals surface area contributed by atoms with Crippen molar-refractivity contribution in [2.24, 2.45) is 0 Å². The molecule has 100 valence electrons. The predicted octanol–water partition coefficient (Wildman–Crippen LogP) is 1.98. The molecule has 2 N–H and O–H groups in total. The van der Waals surface area contributed by atoms with Crippen LogP contribution in [-0.2, 0) is 4.74 Å². The zero-order valence-corrected chi connectivity index (χ0v) is 10.9. The lowest BCUT2D eigenvalue weighted by molar-refractivity contribution is -0.384. The summed E-state index contributed by atoms with van der Waals surface area (Å²) in [7, 11) is 1.50. The van der Waals surface area contributed by atoms with Crippen molar-refractivity contribution in [2.45, 2.75) is 13.0 Å². The standard InChI is InChI=1S/C11H15ClN2O4/c1-7-3-11(14(16)17)9(12)4-10(7)13-5-8(15)6-18-2/h3-4,8,13,15H,5-6H2,1-2H3. The molecule has 0 aliphatic rings. The number of nitro groups is 1. The molecule has 1 unspecified atom stereocenters. The summed E-state index contributed by atoms with van der Waals surface area (Å²) >= 11 is 5.80. The molecule has 6 nitrogen and oxygen atoms in total. The van der Waals surface area contributed by atoms with Crippen LogP contribution in [0.4, 0.5) is 11.4 Å². The fourth-order valence-electron chi connectivity index (χ4n) is 1.48. The fourth-order valence-corrected chi connectivity index (χ4v) is 1.71. The highest BCUT2D eigenvalue weighted by molar-refractivity contribution is 6.33. The van der Waals surface area contributed by atoms with Crippen LogP contribution in [0.3, 0.4) is 0 Å². The maximum Gasteiger partial charge on any atom is 0.288 e. The number of ether oxygens (including phenoxy) is 1. The Morgan fingerprint density at radius 2 is 2.28 bits per heavy atom. The summed E-state index contributed by atoms with van der Waals surface area (Å²) < 4.78 is 4.79. The minimum absolute atomic E-state index is 0.0642. The number of nitrogens with zero attached hydrogens (tertiary/aromatic N) is 1. The molecule has 1 rings (SSSR count). The second-order valence-electron chi connectivity index (χ2n) is 3.87. The lowest BCUT2D eigenvalue weighted by atomic mass is 10.1. The highest BCUT2D eigenvalue weighted by Crippen LogP contribution is 2.30. The number of aliphatic hydroxyl groups excluding tert-OH is 1. The molecular weight excluding hydrogens is 260 g/mol. The number of rotatable bonds is 6. The molecule has 0 fully saturated rings. The highest BCUT2D eigenvalue weighted by Gasteiger charge is 2.15. The van der Waals surface area contributed by atoms with Gasteiger partial charge in [-0.1, -0.05) is 11.6 Å². The fraction of sp³-hybridized carbons (Fsp3) is 0.455. The third kappa shape index (κ3) is 3.83. The Labute approximate surface area is 110 Å². The Morgan fingerprint density at radius 1 is 1.61 bits per heavy atom. The van der Waals surface area contributed by atoms with E-state index in [1.807, 2.05) is 0 Å². The summed E-state index contributed by atoms with van der Waals surface area (Å²) in [4.78, 5) is 10.2. The molecular formula is C11H15ClN2O4. The number of aliphatic hydroxyl groups is 1. The van der Waals surface area contributed by atoms with Gasteiger partial charge in [-0.2, -0.15) is 0 Å². The average molecular weight is 275 g/mol. The summed E-state index contributed by atoms with van der Waals surface area (Å²) in [6, 6.07) is 2.88. The maximum atomic E-state index is 10.7. The Kier molecular flexibility index (Phi) is 5.33. The van der Waals surface area contributed by atoms with Gasteiger partial charge in [-0.15, -0.1) is 0 Å². The highest BCUT2D eigenvalue weighted by atomic mass is 35.5. The van der Waals surface area contributed by atoms with Gasteiger partial charge in [-0.3, -0.25) is 10.1 Å². The van der Waals surface area contributed by atoms with Gasteiger partial charge in [0.1, 0.15) is 5.02 Å². The van der Waals surface area contributed by atoms with E-state index in [2.05, 4.69) is 5.32 Å². The molecule has 0 aliphatic heterocycles. The van der Waals surface area contributed by atoms with Gasteiger partial charge in [-0.05, 0) is 18.6 Å². The Morgan fingerprint density at radius 3 is 2.83 bits per heavy atom. The van der Waals surface area contributed by atoms with Crippen LogP contribution in [0.15, 0.2) is 12.1 Å². The van der Waals surface area contributed by atoms with Gasteiger partial charge >= 0.3 is 0 Å². The van der Waals surface area contributed by atoms with Crippen LogP contribution in [0.25, 0.3) is 0 Å². The number of aryl methyl sites for hydroxylation is 1. The molecule has 0 aliphatic carbocycles. The van der Waals surface area contributed by atoms with E-state index in [1.54, 1.807) is 6.92 Å². The number of nitrogens with one attached hydrogen (secondary N) is 1. The Balaban J connectivity index is 2.79. The smallest absolute Gasteiger partial charge is 0.288 e. The van der Waals surface area contributed by atoms with Gasteiger partial charge in [0.15, 0.2) is 0 Å². The van der Waals surface area contributed by atoms with Gasteiger partial charge in [0, 0.05) is 25.4 Å². The second kappa shape index (κ2) is 6.53. The molecule has 0 radical (unpaired) electrons. The predicted molar refractivity (Wildman–Crippen MR) is 69.2 cm³/mol. The topological polar surface area (TPSA) is 84.6 Å². The zero-order chi connectivity index (χ0) is 13.7. The van der Waals surface area contributed by atoms with E-state index >= 15 is 0 Å². The molecule has 7 heteroatoms. The second-order valence-corrected chi connectivity index (χ2v) is 4.27. The number of nitro benzene ring substituents is 1. The number of benzene rings is 1. The molecule has 0 saturated carbocycles.